The lowest BCUT2D eigenvalue weighted by Gasteiger charge is -2.00. The fraction of sp³-hybridized carbons (Fsp3) is 0.167. The maximum atomic E-state index is 11.7. The molecule has 1 aromatic rings. The molecule has 1 aromatic carbocycles. The van der Waals surface area contributed by atoms with Crippen molar-refractivity contribution in [2.45, 2.75) is 6.92 Å². The number of esters is 1. The van der Waals surface area contributed by atoms with E-state index in [0.29, 0.717) is 5.57 Å². The van der Waals surface area contributed by atoms with E-state index in [1.54, 1.807) is 19.1 Å². The normalized spacial score (nSPS) is 11.0. The van der Waals surface area contributed by atoms with E-state index in [1.807, 2.05) is 18.2 Å². The third kappa shape index (κ3) is 3.97. The molecule has 0 aliphatic heterocycles. The Morgan fingerprint density at radius 1 is 1.50 bits per heavy atom. The predicted octanol–water partition coefficient (Wildman–Crippen LogP) is 0.991. The molecule has 0 fully saturated rings. The van der Waals surface area contributed by atoms with E-state index in [9.17, 15) is 9.69 Å². The number of ether oxygens (including phenoxy) is 1. The summed E-state index contributed by atoms with van der Waals surface area (Å²) in [7, 11) is -1.61. The van der Waals surface area contributed by atoms with Crippen LogP contribution >= 0.6 is 7.77 Å². The molecule has 0 N–H and O–H groups in total. The van der Waals surface area contributed by atoms with Crippen molar-refractivity contribution in [1.29, 1.82) is 0 Å². The lowest BCUT2D eigenvalue weighted by Crippen LogP contribution is -2.11. The van der Waals surface area contributed by atoms with Gasteiger partial charge in [-0.15, -0.1) is 0 Å². The molecule has 0 spiro atoms. The number of benzene rings is 1. The Balaban J connectivity index is 2.53. The van der Waals surface area contributed by atoms with Crippen molar-refractivity contribution in [3.8, 4) is 0 Å². The maximum Gasteiger partial charge on any atom is 0.333 e. The molecule has 3 nitrogen and oxygen atoms in total. The van der Waals surface area contributed by atoms with Crippen LogP contribution in [0.4, 0.5) is 0 Å². The summed E-state index contributed by atoms with van der Waals surface area (Å²) in [5.41, 5.74) is 0.336. The molecule has 0 heterocycles. The number of hydrogen-bond acceptors (Lipinski definition) is 3. The molecule has 0 aromatic heterocycles. The van der Waals surface area contributed by atoms with Gasteiger partial charge in [0.1, 0.15) is 17.7 Å². The fourth-order valence-corrected chi connectivity index (χ4v) is 1.87. The van der Waals surface area contributed by atoms with Gasteiger partial charge in [-0.2, -0.15) is 0 Å². The Hall–Kier alpha value is -1.44. The predicted molar refractivity (Wildman–Crippen MR) is 64.8 cm³/mol. The molecule has 0 saturated carbocycles. The molecule has 84 valence electrons. The largest absolute Gasteiger partial charge is 0.626 e. The molecule has 0 bridgehead atoms. The maximum absolute atomic E-state index is 11.7. The molecule has 16 heavy (non-hydrogen) atoms. The summed E-state index contributed by atoms with van der Waals surface area (Å²) in [4.78, 5) is 22.7. The van der Waals surface area contributed by atoms with Gasteiger partial charge in [0.25, 0.3) is 0 Å². The van der Waals surface area contributed by atoms with E-state index in [0.717, 1.165) is 5.30 Å². The molecule has 0 aliphatic carbocycles. The highest BCUT2D eigenvalue weighted by molar-refractivity contribution is 7.58. The number of carbonyl (C=O) groups is 1. The Morgan fingerprint density at radius 2 is 2.12 bits per heavy atom. The van der Waals surface area contributed by atoms with Gasteiger partial charge in [-0.1, -0.05) is 24.8 Å². The second kappa shape index (κ2) is 6.21. The zero-order valence-corrected chi connectivity index (χ0v) is 9.94. The van der Waals surface area contributed by atoms with Crippen molar-refractivity contribution in [2.24, 2.45) is 0 Å². The second-order valence-corrected chi connectivity index (χ2v) is 4.76. The SMILES string of the molecule is C=C(C)C(=O)OC/C=[P+](\[O-])c1ccccc1. The summed E-state index contributed by atoms with van der Waals surface area (Å²) < 4.78 is 4.82. The average molecular weight is 236 g/mol. The number of rotatable bonds is 4. The summed E-state index contributed by atoms with van der Waals surface area (Å²) in [6.45, 7) is 5.06. The minimum atomic E-state index is -1.61. The van der Waals surface area contributed by atoms with E-state index < -0.39 is 13.7 Å². The smallest absolute Gasteiger partial charge is 0.333 e. The molecule has 0 aliphatic rings. The minimum Gasteiger partial charge on any atom is -0.626 e. The van der Waals surface area contributed by atoms with Gasteiger partial charge in [-0.25, -0.2) is 4.79 Å². The van der Waals surface area contributed by atoms with Crippen LogP contribution in [0, 0.1) is 0 Å². The van der Waals surface area contributed by atoms with Crippen molar-refractivity contribution < 1.29 is 14.4 Å². The van der Waals surface area contributed by atoms with Gasteiger partial charge in [0.05, 0.1) is 7.77 Å². The van der Waals surface area contributed by atoms with Gasteiger partial charge in [-0.05, 0) is 19.1 Å². The third-order valence-electron chi connectivity index (χ3n) is 1.81. The van der Waals surface area contributed by atoms with Crippen LogP contribution in [0.25, 0.3) is 0 Å². The second-order valence-electron chi connectivity index (χ2n) is 3.22. The van der Waals surface area contributed by atoms with Crippen LogP contribution in [0.1, 0.15) is 6.92 Å². The first-order valence-electron chi connectivity index (χ1n) is 4.78. The van der Waals surface area contributed by atoms with Crippen molar-refractivity contribution >= 4 is 24.8 Å². The first kappa shape index (κ1) is 12.6. The van der Waals surface area contributed by atoms with E-state index in [-0.39, 0.29) is 6.61 Å². The molecule has 1 unspecified atom stereocenters. The van der Waals surface area contributed by atoms with Crippen LogP contribution in [0.2, 0.25) is 0 Å². The summed E-state index contributed by atoms with van der Waals surface area (Å²) in [5, 5.41) is 0.726. The van der Waals surface area contributed by atoms with E-state index in [2.05, 4.69) is 6.58 Å². The highest BCUT2D eigenvalue weighted by Crippen LogP contribution is 2.08. The van der Waals surface area contributed by atoms with Crippen LogP contribution < -0.4 is 10.2 Å². The van der Waals surface area contributed by atoms with E-state index in [1.165, 1.54) is 5.80 Å². The molecule has 0 radical (unpaired) electrons. The molecule has 0 amide bonds. The van der Waals surface area contributed by atoms with Gasteiger partial charge < -0.3 is 9.63 Å². The van der Waals surface area contributed by atoms with Gasteiger partial charge >= 0.3 is 5.97 Å². The lowest BCUT2D eigenvalue weighted by molar-refractivity contribution is -0.149. The summed E-state index contributed by atoms with van der Waals surface area (Å²) in [6.07, 6.45) is 0. The third-order valence-corrected chi connectivity index (χ3v) is 3.10. The molecular formula is C12H13O3P. The quantitative estimate of drug-likeness (QED) is 0.445. The summed E-state index contributed by atoms with van der Waals surface area (Å²) in [6, 6.07) is 9.03. The molecule has 4 heteroatoms. The van der Waals surface area contributed by atoms with Gasteiger partial charge in [0.15, 0.2) is 0 Å². The Kier molecular flexibility index (Phi) is 4.90. The fourth-order valence-electron chi connectivity index (χ4n) is 0.984. The highest BCUT2D eigenvalue weighted by atomic mass is 31.1. The van der Waals surface area contributed by atoms with Crippen molar-refractivity contribution in [3.63, 3.8) is 0 Å². The summed E-state index contributed by atoms with van der Waals surface area (Å²) in [5.74, 6) is 1.01. The van der Waals surface area contributed by atoms with Crippen molar-refractivity contribution in [2.75, 3.05) is 6.61 Å². The molecule has 1 rings (SSSR count). The average Bonchev–Trinajstić information content (AvgIpc) is 2.29. The monoisotopic (exact) mass is 236 g/mol. The summed E-state index contributed by atoms with van der Waals surface area (Å²) >= 11 is 0. The Labute approximate surface area is 95.8 Å². The van der Waals surface area contributed by atoms with Crippen molar-refractivity contribution in [3.05, 3.63) is 42.5 Å². The van der Waals surface area contributed by atoms with Crippen LogP contribution in [0.15, 0.2) is 42.5 Å². The van der Waals surface area contributed by atoms with Crippen LogP contribution in [0.5, 0.6) is 0 Å². The van der Waals surface area contributed by atoms with Crippen LogP contribution in [0.3, 0.4) is 0 Å². The standard InChI is InChI=1S/C12H13O3P/c1-10(2)12(13)15-8-9-16(14)11-6-4-3-5-7-11/h3-7,9H,1,8H2,2H3. The van der Waals surface area contributed by atoms with Gasteiger partial charge in [-0.3, -0.25) is 0 Å². The van der Waals surface area contributed by atoms with Crippen LogP contribution in [-0.4, -0.2) is 18.4 Å². The number of carbonyl (C=O) groups excluding carboxylic acids is 1. The Bertz CT molecular complexity index is 410. The van der Waals surface area contributed by atoms with E-state index in [4.69, 9.17) is 4.74 Å². The first-order chi connectivity index (χ1) is 7.61. The van der Waals surface area contributed by atoms with Crippen molar-refractivity contribution in [1.82, 2.24) is 0 Å². The van der Waals surface area contributed by atoms with Crippen LogP contribution in [-0.2, 0) is 9.53 Å². The lowest BCUT2D eigenvalue weighted by atomic mass is 10.4. The highest BCUT2D eigenvalue weighted by Gasteiger charge is 2.04. The minimum absolute atomic E-state index is 0.0375. The first-order valence-corrected chi connectivity index (χ1v) is 6.11. The molecular weight excluding hydrogens is 223 g/mol. The van der Waals surface area contributed by atoms with E-state index >= 15 is 0 Å². The topological polar surface area (TPSA) is 49.4 Å². The van der Waals surface area contributed by atoms with Gasteiger partial charge in [0.2, 0.25) is 0 Å². The zero-order chi connectivity index (χ0) is 12.0. The molecule has 1 atom stereocenters. The zero-order valence-electron chi connectivity index (χ0n) is 9.05. The number of hydrogen-bond donors (Lipinski definition) is 0. The van der Waals surface area contributed by atoms with Gasteiger partial charge in [0, 0.05) is 5.57 Å². The molecule has 0 saturated heterocycles. The Morgan fingerprint density at radius 3 is 2.69 bits per heavy atom.